The standard InChI is InChI=1S/C19H21NO3/c1-22-17-7-3-2-5-14(17)10-11-20-19(21)16-8-9-18-15(13-16)6-4-12-23-18/h2-3,5,7-9,13H,4,6,10-12H2,1H3,(H,20,21). The van der Waals surface area contributed by atoms with Gasteiger partial charge in [-0.25, -0.2) is 0 Å². The molecule has 0 unspecified atom stereocenters. The molecule has 1 amide bonds. The van der Waals surface area contributed by atoms with Crippen LogP contribution >= 0.6 is 0 Å². The molecule has 4 heteroatoms. The van der Waals surface area contributed by atoms with Gasteiger partial charge in [0.2, 0.25) is 0 Å². The Balaban J connectivity index is 1.59. The fourth-order valence-electron chi connectivity index (χ4n) is 2.82. The van der Waals surface area contributed by atoms with Gasteiger partial charge in [0.15, 0.2) is 0 Å². The maximum atomic E-state index is 12.3. The summed E-state index contributed by atoms with van der Waals surface area (Å²) < 4.78 is 10.9. The van der Waals surface area contributed by atoms with Gasteiger partial charge in [0.05, 0.1) is 13.7 Å². The molecule has 0 bridgehead atoms. The van der Waals surface area contributed by atoms with Crippen LogP contribution in [0.25, 0.3) is 0 Å². The Morgan fingerprint density at radius 1 is 1.26 bits per heavy atom. The van der Waals surface area contributed by atoms with Crippen molar-refractivity contribution in [3.05, 3.63) is 59.2 Å². The van der Waals surface area contributed by atoms with Crippen LogP contribution in [0.2, 0.25) is 0 Å². The lowest BCUT2D eigenvalue weighted by Gasteiger charge is -2.17. The summed E-state index contributed by atoms with van der Waals surface area (Å²) in [7, 11) is 1.66. The van der Waals surface area contributed by atoms with Gasteiger partial charge in [0.25, 0.3) is 5.91 Å². The summed E-state index contributed by atoms with van der Waals surface area (Å²) in [5.74, 6) is 1.71. The van der Waals surface area contributed by atoms with Gasteiger partial charge in [-0.2, -0.15) is 0 Å². The van der Waals surface area contributed by atoms with Crippen molar-refractivity contribution in [1.82, 2.24) is 5.32 Å². The molecule has 1 aliphatic heterocycles. The summed E-state index contributed by atoms with van der Waals surface area (Å²) in [6.07, 6.45) is 2.72. The molecule has 23 heavy (non-hydrogen) atoms. The van der Waals surface area contributed by atoms with Crippen molar-refractivity contribution in [2.24, 2.45) is 0 Å². The summed E-state index contributed by atoms with van der Waals surface area (Å²) in [4.78, 5) is 12.3. The van der Waals surface area contributed by atoms with Crippen molar-refractivity contribution in [3.8, 4) is 11.5 Å². The van der Waals surface area contributed by atoms with Crippen LogP contribution in [-0.2, 0) is 12.8 Å². The van der Waals surface area contributed by atoms with E-state index in [9.17, 15) is 4.79 Å². The normalized spacial score (nSPS) is 12.9. The molecule has 1 N–H and O–H groups in total. The van der Waals surface area contributed by atoms with E-state index in [1.54, 1.807) is 7.11 Å². The molecule has 120 valence electrons. The third-order valence-corrected chi connectivity index (χ3v) is 4.04. The number of amides is 1. The number of hydrogen-bond acceptors (Lipinski definition) is 3. The number of fused-ring (bicyclic) bond motifs is 1. The summed E-state index contributed by atoms with van der Waals surface area (Å²) >= 11 is 0. The van der Waals surface area contributed by atoms with Crippen molar-refractivity contribution in [3.63, 3.8) is 0 Å². The van der Waals surface area contributed by atoms with Gasteiger partial charge in [-0.1, -0.05) is 18.2 Å². The molecule has 1 heterocycles. The monoisotopic (exact) mass is 311 g/mol. The van der Waals surface area contributed by atoms with E-state index in [0.29, 0.717) is 12.1 Å². The Hall–Kier alpha value is -2.49. The smallest absolute Gasteiger partial charge is 0.251 e. The SMILES string of the molecule is COc1ccccc1CCNC(=O)c1ccc2c(c1)CCCO2. The second-order valence-electron chi connectivity index (χ2n) is 5.59. The fourth-order valence-corrected chi connectivity index (χ4v) is 2.82. The van der Waals surface area contributed by atoms with Crippen LogP contribution < -0.4 is 14.8 Å². The molecule has 0 aromatic heterocycles. The van der Waals surface area contributed by atoms with E-state index >= 15 is 0 Å². The average Bonchev–Trinajstić information content (AvgIpc) is 2.61. The maximum absolute atomic E-state index is 12.3. The number of nitrogens with one attached hydrogen (secondary N) is 1. The molecule has 1 aliphatic rings. The molecule has 4 nitrogen and oxygen atoms in total. The molecule has 0 aliphatic carbocycles. The number of aryl methyl sites for hydroxylation is 1. The minimum absolute atomic E-state index is 0.0479. The van der Waals surface area contributed by atoms with Gasteiger partial charge in [0.1, 0.15) is 11.5 Å². The Morgan fingerprint density at radius 2 is 2.13 bits per heavy atom. The van der Waals surface area contributed by atoms with Gasteiger partial charge in [-0.15, -0.1) is 0 Å². The lowest BCUT2D eigenvalue weighted by atomic mass is 10.0. The zero-order chi connectivity index (χ0) is 16.1. The van der Waals surface area contributed by atoms with Crippen molar-refractivity contribution in [1.29, 1.82) is 0 Å². The van der Waals surface area contributed by atoms with Crippen LogP contribution in [0.4, 0.5) is 0 Å². The first kappa shape index (κ1) is 15.4. The van der Waals surface area contributed by atoms with Gasteiger partial charge in [-0.3, -0.25) is 4.79 Å². The first-order chi connectivity index (χ1) is 11.3. The number of rotatable bonds is 5. The van der Waals surface area contributed by atoms with Crippen molar-refractivity contribution >= 4 is 5.91 Å². The zero-order valence-electron chi connectivity index (χ0n) is 13.3. The van der Waals surface area contributed by atoms with Gasteiger partial charge in [0, 0.05) is 12.1 Å². The van der Waals surface area contributed by atoms with Crippen LogP contribution in [0.1, 0.15) is 27.9 Å². The second kappa shape index (κ2) is 7.18. The van der Waals surface area contributed by atoms with E-state index < -0.39 is 0 Å². The molecule has 0 fully saturated rings. The number of carbonyl (C=O) groups is 1. The highest BCUT2D eigenvalue weighted by atomic mass is 16.5. The highest BCUT2D eigenvalue weighted by molar-refractivity contribution is 5.94. The van der Waals surface area contributed by atoms with E-state index in [-0.39, 0.29) is 5.91 Å². The van der Waals surface area contributed by atoms with E-state index in [1.165, 1.54) is 0 Å². The minimum atomic E-state index is -0.0479. The lowest BCUT2D eigenvalue weighted by molar-refractivity contribution is 0.0954. The second-order valence-corrected chi connectivity index (χ2v) is 5.59. The fraction of sp³-hybridized carbons (Fsp3) is 0.316. The molecular formula is C19H21NO3. The largest absolute Gasteiger partial charge is 0.496 e. The molecule has 0 radical (unpaired) electrons. The highest BCUT2D eigenvalue weighted by Gasteiger charge is 2.13. The van der Waals surface area contributed by atoms with Crippen LogP contribution in [0, 0.1) is 0 Å². The Bertz CT molecular complexity index is 697. The van der Waals surface area contributed by atoms with Crippen molar-refractivity contribution in [2.45, 2.75) is 19.3 Å². The Labute approximate surface area is 136 Å². The number of para-hydroxylation sites is 1. The number of hydrogen-bond donors (Lipinski definition) is 1. The maximum Gasteiger partial charge on any atom is 0.251 e. The first-order valence-electron chi connectivity index (χ1n) is 7.94. The molecule has 2 aromatic carbocycles. The van der Waals surface area contributed by atoms with Crippen LogP contribution in [0.5, 0.6) is 11.5 Å². The van der Waals surface area contributed by atoms with Crippen molar-refractivity contribution in [2.75, 3.05) is 20.3 Å². The number of benzene rings is 2. The van der Waals surface area contributed by atoms with E-state index in [1.807, 2.05) is 42.5 Å². The number of ether oxygens (including phenoxy) is 2. The van der Waals surface area contributed by atoms with E-state index in [0.717, 1.165) is 48.5 Å². The molecule has 2 aromatic rings. The molecule has 3 rings (SSSR count). The summed E-state index contributed by atoms with van der Waals surface area (Å²) in [6.45, 7) is 1.34. The quantitative estimate of drug-likeness (QED) is 0.923. The number of carbonyl (C=O) groups excluding carboxylic acids is 1. The summed E-state index contributed by atoms with van der Waals surface area (Å²) in [5, 5.41) is 2.97. The number of methoxy groups -OCH3 is 1. The van der Waals surface area contributed by atoms with Crippen LogP contribution in [0.3, 0.4) is 0 Å². The molecule has 0 saturated carbocycles. The van der Waals surface area contributed by atoms with Gasteiger partial charge < -0.3 is 14.8 Å². The third kappa shape index (κ3) is 3.65. The van der Waals surface area contributed by atoms with Crippen LogP contribution in [-0.4, -0.2) is 26.2 Å². The first-order valence-corrected chi connectivity index (χ1v) is 7.94. The van der Waals surface area contributed by atoms with Gasteiger partial charge in [-0.05, 0) is 54.7 Å². The average molecular weight is 311 g/mol. The van der Waals surface area contributed by atoms with E-state index in [2.05, 4.69) is 5.32 Å². The Morgan fingerprint density at radius 3 is 3.00 bits per heavy atom. The molecule has 0 atom stereocenters. The Kier molecular flexibility index (Phi) is 4.81. The van der Waals surface area contributed by atoms with Crippen molar-refractivity contribution < 1.29 is 14.3 Å². The van der Waals surface area contributed by atoms with Gasteiger partial charge >= 0.3 is 0 Å². The predicted molar refractivity (Wildman–Crippen MR) is 89.3 cm³/mol. The molecule has 0 saturated heterocycles. The molecular weight excluding hydrogens is 290 g/mol. The molecule has 0 spiro atoms. The predicted octanol–water partition coefficient (Wildman–Crippen LogP) is 2.99. The van der Waals surface area contributed by atoms with E-state index in [4.69, 9.17) is 9.47 Å². The third-order valence-electron chi connectivity index (χ3n) is 4.04. The summed E-state index contributed by atoms with van der Waals surface area (Å²) in [6, 6.07) is 13.5. The van der Waals surface area contributed by atoms with Crippen LogP contribution in [0.15, 0.2) is 42.5 Å². The topological polar surface area (TPSA) is 47.6 Å². The zero-order valence-corrected chi connectivity index (χ0v) is 13.3. The highest BCUT2D eigenvalue weighted by Crippen LogP contribution is 2.25. The summed E-state index contributed by atoms with van der Waals surface area (Å²) in [5.41, 5.74) is 2.90. The lowest BCUT2D eigenvalue weighted by Crippen LogP contribution is -2.26. The minimum Gasteiger partial charge on any atom is -0.496 e.